The van der Waals surface area contributed by atoms with Gasteiger partial charge in [0.05, 0.1) is 0 Å². The van der Waals surface area contributed by atoms with Crippen LogP contribution in [0.4, 0.5) is 0 Å². The minimum absolute atomic E-state index is 0.184. The predicted molar refractivity (Wildman–Crippen MR) is 56.9 cm³/mol. The second kappa shape index (κ2) is 3.26. The van der Waals surface area contributed by atoms with Crippen molar-refractivity contribution in [1.82, 2.24) is 4.98 Å². The summed E-state index contributed by atoms with van der Waals surface area (Å²) in [5, 5.41) is 9.59. The SMILES string of the molecule is Oc1cccc2nc(C3CCCC3)oc12. The highest BCUT2D eigenvalue weighted by atomic mass is 16.4. The van der Waals surface area contributed by atoms with E-state index >= 15 is 0 Å². The fraction of sp³-hybridized carbons (Fsp3) is 0.417. The summed E-state index contributed by atoms with van der Waals surface area (Å²) in [6.45, 7) is 0. The lowest BCUT2D eigenvalue weighted by Gasteiger charge is -2.00. The first-order valence-corrected chi connectivity index (χ1v) is 5.43. The van der Waals surface area contributed by atoms with Crippen LogP contribution in [0.1, 0.15) is 37.5 Å². The van der Waals surface area contributed by atoms with Crippen LogP contribution in [0.3, 0.4) is 0 Å². The normalized spacial score (nSPS) is 17.6. The Morgan fingerprint density at radius 2 is 2.07 bits per heavy atom. The van der Waals surface area contributed by atoms with E-state index in [0.717, 1.165) is 24.2 Å². The largest absolute Gasteiger partial charge is 0.504 e. The van der Waals surface area contributed by atoms with Gasteiger partial charge in [0.15, 0.2) is 17.2 Å². The summed E-state index contributed by atoms with van der Waals surface area (Å²) in [6, 6.07) is 5.29. The predicted octanol–water partition coefficient (Wildman–Crippen LogP) is 3.19. The molecule has 0 radical (unpaired) electrons. The van der Waals surface area contributed by atoms with Gasteiger partial charge in [-0.2, -0.15) is 0 Å². The number of aromatic hydroxyl groups is 1. The maximum Gasteiger partial charge on any atom is 0.198 e. The smallest absolute Gasteiger partial charge is 0.198 e. The van der Waals surface area contributed by atoms with Crippen molar-refractivity contribution < 1.29 is 9.52 Å². The molecule has 0 atom stereocenters. The first-order chi connectivity index (χ1) is 7.34. The van der Waals surface area contributed by atoms with E-state index in [0.29, 0.717) is 11.5 Å². The third-order valence-corrected chi connectivity index (χ3v) is 3.12. The van der Waals surface area contributed by atoms with Crippen molar-refractivity contribution in [2.24, 2.45) is 0 Å². The first kappa shape index (κ1) is 8.77. The summed E-state index contributed by atoms with van der Waals surface area (Å²) in [5.74, 6) is 1.44. The molecule has 78 valence electrons. The molecule has 0 saturated heterocycles. The Bertz CT molecular complexity index is 483. The van der Waals surface area contributed by atoms with Crippen LogP contribution < -0.4 is 0 Å². The monoisotopic (exact) mass is 203 g/mol. The number of rotatable bonds is 1. The lowest BCUT2D eigenvalue weighted by atomic mass is 10.1. The van der Waals surface area contributed by atoms with Crippen molar-refractivity contribution in [3.63, 3.8) is 0 Å². The van der Waals surface area contributed by atoms with Crippen LogP contribution in [-0.4, -0.2) is 10.1 Å². The Labute approximate surface area is 87.7 Å². The van der Waals surface area contributed by atoms with Gasteiger partial charge in [0, 0.05) is 5.92 Å². The second-order valence-corrected chi connectivity index (χ2v) is 4.16. The third-order valence-electron chi connectivity index (χ3n) is 3.12. The molecule has 0 unspecified atom stereocenters. The van der Waals surface area contributed by atoms with Crippen LogP contribution in [0, 0.1) is 0 Å². The summed E-state index contributed by atoms with van der Waals surface area (Å²) in [6.07, 6.45) is 4.84. The molecule has 1 aromatic heterocycles. The van der Waals surface area contributed by atoms with E-state index in [1.54, 1.807) is 12.1 Å². The van der Waals surface area contributed by atoms with E-state index in [2.05, 4.69) is 4.98 Å². The molecule has 1 heterocycles. The van der Waals surface area contributed by atoms with Gasteiger partial charge in [-0.05, 0) is 25.0 Å². The van der Waals surface area contributed by atoms with Gasteiger partial charge >= 0.3 is 0 Å². The zero-order valence-electron chi connectivity index (χ0n) is 8.44. The number of phenolic OH excluding ortho intramolecular Hbond substituents is 1. The molecule has 1 saturated carbocycles. The number of aromatic nitrogens is 1. The fourth-order valence-corrected chi connectivity index (χ4v) is 2.30. The van der Waals surface area contributed by atoms with Crippen molar-refractivity contribution >= 4 is 11.1 Å². The number of para-hydroxylation sites is 1. The Morgan fingerprint density at radius 1 is 1.27 bits per heavy atom. The maximum atomic E-state index is 9.59. The van der Waals surface area contributed by atoms with Crippen molar-refractivity contribution in [2.45, 2.75) is 31.6 Å². The molecule has 1 aromatic carbocycles. The molecule has 3 heteroatoms. The molecule has 1 aliphatic carbocycles. The van der Waals surface area contributed by atoms with Crippen molar-refractivity contribution in [3.05, 3.63) is 24.1 Å². The molecule has 15 heavy (non-hydrogen) atoms. The van der Waals surface area contributed by atoms with E-state index in [9.17, 15) is 5.11 Å². The molecule has 2 aromatic rings. The van der Waals surface area contributed by atoms with Crippen LogP contribution >= 0.6 is 0 Å². The molecule has 0 amide bonds. The van der Waals surface area contributed by atoms with Gasteiger partial charge in [0.1, 0.15) is 5.52 Å². The Hall–Kier alpha value is -1.51. The topological polar surface area (TPSA) is 46.3 Å². The number of fused-ring (bicyclic) bond motifs is 1. The van der Waals surface area contributed by atoms with Gasteiger partial charge in [0.2, 0.25) is 0 Å². The number of phenols is 1. The average Bonchev–Trinajstić information content (AvgIpc) is 2.86. The summed E-state index contributed by atoms with van der Waals surface area (Å²) in [4.78, 5) is 4.43. The van der Waals surface area contributed by atoms with E-state index in [4.69, 9.17) is 4.42 Å². The molecule has 3 rings (SSSR count). The van der Waals surface area contributed by atoms with Gasteiger partial charge in [-0.15, -0.1) is 0 Å². The molecule has 0 aliphatic heterocycles. The lowest BCUT2D eigenvalue weighted by Crippen LogP contribution is -1.90. The van der Waals surface area contributed by atoms with Gasteiger partial charge in [0.25, 0.3) is 0 Å². The Morgan fingerprint density at radius 3 is 2.80 bits per heavy atom. The number of hydrogen-bond donors (Lipinski definition) is 1. The average molecular weight is 203 g/mol. The van der Waals surface area contributed by atoms with Gasteiger partial charge < -0.3 is 9.52 Å². The van der Waals surface area contributed by atoms with Crippen LogP contribution in [0.15, 0.2) is 22.6 Å². The number of hydrogen-bond acceptors (Lipinski definition) is 3. The highest BCUT2D eigenvalue weighted by Crippen LogP contribution is 2.36. The summed E-state index contributed by atoms with van der Waals surface area (Å²) in [5.41, 5.74) is 1.29. The third kappa shape index (κ3) is 1.39. The molecule has 1 N–H and O–H groups in total. The van der Waals surface area contributed by atoms with E-state index in [1.807, 2.05) is 6.07 Å². The standard InChI is InChI=1S/C12H13NO2/c14-10-7-3-6-9-11(10)15-12(13-9)8-4-1-2-5-8/h3,6-8,14H,1-2,4-5H2. The summed E-state index contributed by atoms with van der Waals surface area (Å²) < 4.78 is 5.62. The minimum Gasteiger partial charge on any atom is -0.504 e. The maximum absolute atomic E-state index is 9.59. The number of nitrogens with zero attached hydrogens (tertiary/aromatic N) is 1. The molecule has 0 spiro atoms. The quantitative estimate of drug-likeness (QED) is 0.774. The second-order valence-electron chi connectivity index (χ2n) is 4.16. The van der Waals surface area contributed by atoms with Crippen LogP contribution in [0.2, 0.25) is 0 Å². The fourth-order valence-electron chi connectivity index (χ4n) is 2.30. The van der Waals surface area contributed by atoms with Crippen LogP contribution in [0.5, 0.6) is 5.75 Å². The van der Waals surface area contributed by atoms with Crippen LogP contribution in [-0.2, 0) is 0 Å². The number of oxazole rings is 1. The molecule has 1 fully saturated rings. The van der Waals surface area contributed by atoms with Crippen LogP contribution in [0.25, 0.3) is 11.1 Å². The zero-order chi connectivity index (χ0) is 10.3. The zero-order valence-corrected chi connectivity index (χ0v) is 8.44. The lowest BCUT2D eigenvalue weighted by molar-refractivity contribution is 0.439. The number of benzene rings is 1. The molecular weight excluding hydrogens is 190 g/mol. The van der Waals surface area contributed by atoms with Gasteiger partial charge in [-0.25, -0.2) is 4.98 Å². The Kier molecular flexibility index (Phi) is 1.91. The molecular formula is C12H13NO2. The molecule has 1 aliphatic rings. The van der Waals surface area contributed by atoms with Crippen molar-refractivity contribution in [1.29, 1.82) is 0 Å². The van der Waals surface area contributed by atoms with E-state index in [1.165, 1.54) is 12.8 Å². The van der Waals surface area contributed by atoms with Crippen molar-refractivity contribution in [3.8, 4) is 5.75 Å². The highest BCUT2D eigenvalue weighted by molar-refractivity contribution is 5.78. The Balaban J connectivity index is 2.09. The highest BCUT2D eigenvalue weighted by Gasteiger charge is 2.22. The van der Waals surface area contributed by atoms with E-state index in [-0.39, 0.29) is 5.75 Å². The molecule has 0 bridgehead atoms. The molecule has 3 nitrogen and oxygen atoms in total. The van der Waals surface area contributed by atoms with Crippen molar-refractivity contribution in [2.75, 3.05) is 0 Å². The van der Waals surface area contributed by atoms with Gasteiger partial charge in [-0.3, -0.25) is 0 Å². The van der Waals surface area contributed by atoms with Gasteiger partial charge in [-0.1, -0.05) is 18.9 Å². The minimum atomic E-state index is 0.184. The first-order valence-electron chi connectivity index (χ1n) is 5.43. The summed E-state index contributed by atoms with van der Waals surface area (Å²) in [7, 11) is 0. The van der Waals surface area contributed by atoms with E-state index < -0.39 is 0 Å². The summed E-state index contributed by atoms with van der Waals surface area (Å²) >= 11 is 0.